The van der Waals surface area contributed by atoms with Gasteiger partial charge < -0.3 is 14.8 Å². The molecule has 0 amide bonds. The van der Waals surface area contributed by atoms with Gasteiger partial charge in [0, 0.05) is 25.1 Å². The van der Waals surface area contributed by atoms with Crippen LogP contribution in [0.25, 0.3) is 0 Å². The fraction of sp³-hybridized carbons (Fsp3) is 0.588. The van der Waals surface area contributed by atoms with E-state index in [2.05, 4.69) is 30.8 Å². The summed E-state index contributed by atoms with van der Waals surface area (Å²) in [5, 5.41) is 14.6. The number of ether oxygens (including phenoxy) is 2. The number of halogens is 1. The van der Waals surface area contributed by atoms with E-state index in [1.165, 1.54) is 13.2 Å². The van der Waals surface area contributed by atoms with Crippen LogP contribution in [0.3, 0.4) is 0 Å². The van der Waals surface area contributed by atoms with Crippen molar-refractivity contribution in [2.45, 2.75) is 33.3 Å². The van der Waals surface area contributed by atoms with Crippen LogP contribution < -0.4 is 5.32 Å². The number of hydrogen-bond acceptors (Lipinski definition) is 6. The number of carbonyl (C=O) groups is 1. The fourth-order valence-electron chi connectivity index (χ4n) is 3.16. The van der Waals surface area contributed by atoms with E-state index in [1.54, 1.807) is 0 Å². The van der Waals surface area contributed by atoms with Crippen LogP contribution >= 0.6 is 11.6 Å². The lowest BCUT2D eigenvalue weighted by atomic mass is 9.81. The summed E-state index contributed by atoms with van der Waals surface area (Å²) in [6, 6.07) is 2.54. The zero-order valence-corrected chi connectivity index (χ0v) is 15.6. The molecule has 0 aliphatic carbocycles. The van der Waals surface area contributed by atoms with Crippen LogP contribution in [0, 0.1) is 21.4 Å². The van der Waals surface area contributed by atoms with Crippen LogP contribution in [0.4, 0.5) is 11.4 Å². The Hall–Kier alpha value is -1.86. The zero-order valence-electron chi connectivity index (χ0n) is 14.8. The normalized spacial score (nSPS) is 20.4. The summed E-state index contributed by atoms with van der Waals surface area (Å²) < 4.78 is 10.4. The fourth-order valence-corrected chi connectivity index (χ4v) is 3.40. The van der Waals surface area contributed by atoms with Crippen molar-refractivity contribution in [1.82, 2.24) is 0 Å². The summed E-state index contributed by atoms with van der Waals surface area (Å²) in [7, 11) is 1.20. The smallest absolute Gasteiger partial charge is 0.339 e. The maximum atomic E-state index is 11.7. The Balaban J connectivity index is 2.23. The van der Waals surface area contributed by atoms with Crippen molar-refractivity contribution in [1.29, 1.82) is 0 Å². The van der Waals surface area contributed by atoms with Gasteiger partial charge in [-0.05, 0) is 17.9 Å². The molecule has 2 unspecified atom stereocenters. The Kier molecular flexibility index (Phi) is 5.90. The number of nitro benzene ring substituents is 1. The first-order chi connectivity index (χ1) is 11.6. The van der Waals surface area contributed by atoms with Gasteiger partial charge in [-0.2, -0.15) is 0 Å². The van der Waals surface area contributed by atoms with Crippen LogP contribution in [-0.2, 0) is 9.47 Å². The third kappa shape index (κ3) is 4.41. The SMILES string of the molecule is COC(=O)c1cc([N+](=O)[O-])c(NCC2CCOC2C(C)(C)C)cc1Cl. The number of rotatable bonds is 5. The van der Waals surface area contributed by atoms with Gasteiger partial charge in [0.25, 0.3) is 5.69 Å². The molecular weight excluding hydrogens is 348 g/mol. The Morgan fingerprint density at radius 3 is 2.72 bits per heavy atom. The van der Waals surface area contributed by atoms with Crippen LogP contribution in [-0.4, -0.2) is 37.3 Å². The molecule has 2 atom stereocenters. The lowest BCUT2D eigenvalue weighted by Crippen LogP contribution is -2.34. The molecule has 1 aromatic carbocycles. The first-order valence-corrected chi connectivity index (χ1v) is 8.44. The van der Waals surface area contributed by atoms with E-state index in [0.29, 0.717) is 13.2 Å². The highest BCUT2D eigenvalue weighted by Gasteiger charge is 2.37. The highest BCUT2D eigenvalue weighted by molar-refractivity contribution is 6.34. The lowest BCUT2D eigenvalue weighted by molar-refractivity contribution is -0.384. The van der Waals surface area contributed by atoms with Crippen molar-refractivity contribution in [2.24, 2.45) is 11.3 Å². The van der Waals surface area contributed by atoms with Crippen molar-refractivity contribution in [3.05, 3.63) is 32.8 Å². The first kappa shape index (κ1) is 19.5. The first-order valence-electron chi connectivity index (χ1n) is 8.07. The third-order valence-electron chi connectivity index (χ3n) is 4.31. The Labute approximate surface area is 151 Å². The van der Waals surface area contributed by atoms with Gasteiger partial charge in [0.15, 0.2) is 0 Å². The summed E-state index contributed by atoms with van der Waals surface area (Å²) in [6.45, 7) is 7.54. The van der Waals surface area contributed by atoms with Crippen LogP contribution in [0.2, 0.25) is 5.02 Å². The molecule has 7 nitrogen and oxygen atoms in total. The average Bonchev–Trinajstić information content (AvgIpc) is 3.00. The molecule has 8 heteroatoms. The number of carbonyl (C=O) groups excluding carboxylic acids is 1. The lowest BCUT2D eigenvalue weighted by Gasteiger charge is -2.31. The minimum Gasteiger partial charge on any atom is -0.465 e. The summed E-state index contributed by atoms with van der Waals surface area (Å²) >= 11 is 6.09. The maximum absolute atomic E-state index is 11.7. The number of nitro groups is 1. The van der Waals surface area contributed by atoms with Crippen LogP contribution in [0.1, 0.15) is 37.6 Å². The van der Waals surface area contributed by atoms with E-state index in [1.807, 2.05) is 0 Å². The number of nitrogens with zero attached hydrogens (tertiary/aromatic N) is 1. The molecule has 2 rings (SSSR count). The molecule has 1 heterocycles. The molecule has 1 fully saturated rings. The largest absolute Gasteiger partial charge is 0.465 e. The molecule has 1 aliphatic rings. The maximum Gasteiger partial charge on any atom is 0.339 e. The zero-order chi connectivity index (χ0) is 18.8. The van der Waals surface area contributed by atoms with Gasteiger partial charge in [0.2, 0.25) is 0 Å². The molecule has 1 aromatic rings. The standard InChI is InChI=1S/C17H23ClN2O5/c1-17(2,3)15-10(5-6-25-15)9-19-13-8-12(18)11(16(21)24-4)7-14(13)20(22)23/h7-8,10,15,19H,5-6,9H2,1-4H3. The van der Waals surface area contributed by atoms with Crippen LogP contribution in [0.5, 0.6) is 0 Å². The van der Waals surface area contributed by atoms with E-state index < -0.39 is 10.9 Å². The highest BCUT2D eigenvalue weighted by atomic mass is 35.5. The van der Waals surface area contributed by atoms with Gasteiger partial charge in [0.1, 0.15) is 5.69 Å². The second kappa shape index (κ2) is 7.58. The van der Waals surface area contributed by atoms with Crippen molar-refractivity contribution in [3.8, 4) is 0 Å². The van der Waals surface area contributed by atoms with Gasteiger partial charge in [0.05, 0.1) is 28.7 Å². The Morgan fingerprint density at radius 2 is 2.16 bits per heavy atom. The second-order valence-corrected chi connectivity index (χ2v) is 7.59. The molecule has 0 aromatic heterocycles. The number of nitrogens with one attached hydrogen (secondary N) is 1. The molecule has 1 N–H and O–H groups in total. The van der Waals surface area contributed by atoms with Crippen molar-refractivity contribution < 1.29 is 19.2 Å². The predicted octanol–water partition coefficient (Wildman–Crippen LogP) is 3.90. The van der Waals surface area contributed by atoms with Gasteiger partial charge in [-0.25, -0.2) is 4.79 Å². The van der Waals surface area contributed by atoms with E-state index in [-0.39, 0.29) is 39.4 Å². The number of esters is 1. The van der Waals surface area contributed by atoms with Gasteiger partial charge in [-0.15, -0.1) is 0 Å². The Morgan fingerprint density at radius 1 is 1.48 bits per heavy atom. The molecular formula is C17H23ClN2O5. The molecule has 1 aliphatic heterocycles. The monoisotopic (exact) mass is 370 g/mol. The van der Waals surface area contributed by atoms with Crippen molar-refractivity contribution >= 4 is 28.9 Å². The van der Waals surface area contributed by atoms with E-state index in [0.717, 1.165) is 12.5 Å². The summed E-state index contributed by atoms with van der Waals surface area (Å²) in [5.41, 5.74) is 0.0256. The number of benzene rings is 1. The second-order valence-electron chi connectivity index (χ2n) is 7.18. The van der Waals surface area contributed by atoms with Gasteiger partial charge >= 0.3 is 5.97 Å². The quantitative estimate of drug-likeness (QED) is 0.480. The topological polar surface area (TPSA) is 90.7 Å². The van der Waals surface area contributed by atoms with Crippen LogP contribution in [0.15, 0.2) is 12.1 Å². The van der Waals surface area contributed by atoms with Gasteiger partial charge in [-0.3, -0.25) is 10.1 Å². The summed E-state index contributed by atoms with van der Waals surface area (Å²) in [5.74, 6) is -0.477. The van der Waals surface area contributed by atoms with Crippen molar-refractivity contribution in [3.63, 3.8) is 0 Å². The minimum absolute atomic E-state index is 0.0127. The van der Waals surface area contributed by atoms with E-state index in [9.17, 15) is 14.9 Å². The average molecular weight is 371 g/mol. The molecule has 0 saturated carbocycles. The number of anilines is 1. The summed E-state index contributed by atoms with van der Waals surface area (Å²) in [4.78, 5) is 22.5. The molecule has 1 saturated heterocycles. The molecule has 138 valence electrons. The third-order valence-corrected chi connectivity index (χ3v) is 4.62. The number of methoxy groups -OCH3 is 1. The van der Waals surface area contributed by atoms with E-state index >= 15 is 0 Å². The van der Waals surface area contributed by atoms with Gasteiger partial charge in [-0.1, -0.05) is 32.4 Å². The molecule has 0 spiro atoms. The summed E-state index contributed by atoms with van der Waals surface area (Å²) in [6.07, 6.45) is 0.959. The predicted molar refractivity (Wildman–Crippen MR) is 95.2 cm³/mol. The number of hydrogen-bond donors (Lipinski definition) is 1. The highest BCUT2D eigenvalue weighted by Crippen LogP contribution is 2.36. The molecule has 25 heavy (non-hydrogen) atoms. The van der Waals surface area contributed by atoms with Crippen molar-refractivity contribution in [2.75, 3.05) is 25.6 Å². The minimum atomic E-state index is -0.711. The Bertz CT molecular complexity index is 672. The van der Waals surface area contributed by atoms with E-state index in [4.69, 9.17) is 16.3 Å². The molecule has 0 bridgehead atoms. The molecule has 0 radical (unpaired) electrons.